The van der Waals surface area contributed by atoms with E-state index in [1.165, 1.54) is 0 Å². The second kappa shape index (κ2) is 5.15. The molecule has 16 heavy (non-hydrogen) atoms. The Morgan fingerprint density at radius 2 is 2.12 bits per heavy atom. The van der Waals surface area contributed by atoms with Gasteiger partial charge in [-0.2, -0.15) is 0 Å². The summed E-state index contributed by atoms with van der Waals surface area (Å²) in [5.74, 6) is 0.228. The summed E-state index contributed by atoms with van der Waals surface area (Å²) < 4.78 is 5.42. The molecule has 92 valence electrons. The molecule has 2 aliphatic heterocycles. The van der Waals surface area contributed by atoms with Gasteiger partial charge in [0.1, 0.15) is 0 Å². The predicted molar refractivity (Wildman–Crippen MR) is 62.2 cm³/mol. The van der Waals surface area contributed by atoms with E-state index in [2.05, 4.69) is 17.6 Å². The standard InChI is InChI=1S/C12H22N2O2/c1-8-3-4-10(7-13-8)14-12(15)11-5-6-16-9(11)2/h8-11,13H,3-7H2,1-2H3,(H,14,15). The van der Waals surface area contributed by atoms with Crippen molar-refractivity contribution >= 4 is 5.91 Å². The van der Waals surface area contributed by atoms with Crippen LogP contribution in [0.4, 0.5) is 0 Å². The van der Waals surface area contributed by atoms with E-state index in [0.717, 1.165) is 32.4 Å². The Morgan fingerprint density at radius 3 is 2.69 bits per heavy atom. The van der Waals surface area contributed by atoms with Crippen molar-refractivity contribution in [2.45, 2.75) is 51.3 Å². The number of hydrogen-bond donors (Lipinski definition) is 2. The number of ether oxygens (including phenoxy) is 1. The Bertz CT molecular complexity index is 249. The highest BCUT2D eigenvalue weighted by atomic mass is 16.5. The van der Waals surface area contributed by atoms with Crippen LogP contribution in [0.5, 0.6) is 0 Å². The maximum absolute atomic E-state index is 12.0. The van der Waals surface area contributed by atoms with Crippen LogP contribution in [0.15, 0.2) is 0 Å². The van der Waals surface area contributed by atoms with Crippen LogP contribution in [-0.4, -0.2) is 37.2 Å². The van der Waals surface area contributed by atoms with Gasteiger partial charge in [0, 0.05) is 25.2 Å². The second-order valence-electron chi connectivity index (χ2n) is 5.06. The summed E-state index contributed by atoms with van der Waals surface area (Å²) in [6.45, 7) is 5.79. The number of hydrogen-bond acceptors (Lipinski definition) is 3. The van der Waals surface area contributed by atoms with Gasteiger partial charge in [-0.15, -0.1) is 0 Å². The van der Waals surface area contributed by atoms with Crippen molar-refractivity contribution in [3.63, 3.8) is 0 Å². The highest BCUT2D eigenvalue weighted by Crippen LogP contribution is 2.21. The minimum absolute atomic E-state index is 0.0550. The van der Waals surface area contributed by atoms with Gasteiger partial charge >= 0.3 is 0 Å². The van der Waals surface area contributed by atoms with E-state index >= 15 is 0 Å². The van der Waals surface area contributed by atoms with E-state index in [1.54, 1.807) is 0 Å². The third-order valence-electron chi connectivity index (χ3n) is 3.72. The fourth-order valence-electron chi connectivity index (χ4n) is 2.51. The average Bonchev–Trinajstić information content (AvgIpc) is 2.68. The van der Waals surface area contributed by atoms with Gasteiger partial charge < -0.3 is 15.4 Å². The summed E-state index contributed by atoms with van der Waals surface area (Å²) in [7, 11) is 0. The second-order valence-corrected chi connectivity index (χ2v) is 5.06. The Hall–Kier alpha value is -0.610. The van der Waals surface area contributed by atoms with E-state index < -0.39 is 0 Å². The molecule has 0 aromatic carbocycles. The predicted octanol–water partition coefficient (Wildman–Crippen LogP) is 0.668. The maximum atomic E-state index is 12.0. The molecule has 4 nitrogen and oxygen atoms in total. The van der Waals surface area contributed by atoms with Crippen LogP contribution in [0.1, 0.15) is 33.1 Å². The Morgan fingerprint density at radius 1 is 1.31 bits per heavy atom. The molecule has 4 heteroatoms. The summed E-state index contributed by atoms with van der Waals surface area (Å²) in [4.78, 5) is 12.0. The Labute approximate surface area is 97.1 Å². The number of carbonyl (C=O) groups excluding carboxylic acids is 1. The lowest BCUT2D eigenvalue weighted by Gasteiger charge is -2.29. The molecule has 0 aromatic rings. The molecule has 0 radical (unpaired) electrons. The van der Waals surface area contributed by atoms with Crippen molar-refractivity contribution in [1.29, 1.82) is 0 Å². The van der Waals surface area contributed by atoms with Crippen molar-refractivity contribution in [3.8, 4) is 0 Å². The molecule has 0 spiro atoms. The molecule has 2 N–H and O–H groups in total. The van der Waals surface area contributed by atoms with Crippen LogP contribution < -0.4 is 10.6 Å². The van der Waals surface area contributed by atoms with Gasteiger partial charge in [-0.3, -0.25) is 4.79 Å². The van der Waals surface area contributed by atoms with Crippen molar-refractivity contribution < 1.29 is 9.53 Å². The minimum Gasteiger partial charge on any atom is -0.378 e. The number of carbonyl (C=O) groups is 1. The average molecular weight is 226 g/mol. The molecule has 4 atom stereocenters. The molecule has 0 bridgehead atoms. The van der Waals surface area contributed by atoms with Gasteiger partial charge in [0.2, 0.25) is 5.91 Å². The van der Waals surface area contributed by atoms with E-state index in [0.29, 0.717) is 12.1 Å². The molecule has 2 rings (SSSR count). The zero-order valence-corrected chi connectivity index (χ0v) is 10.2. The maximum Gasteiger partial charge on any atom is 0.226 e. The van der Waals surface area contributed by atoms with Crippen LogP contribution in [0.3, 0.4) is 0 Å². The van der Waals surface area contributed by atoms with Crippen molar-refractivity contribution in [2.24, 2.45) is 5.92 Å². The number of piperidine rings is 1. The fraction of sp³-hybridized carbons (Fsp3) is 0.917. The number of nitrogens with one attached hydrogen (secondary N) is 2. The first-order chi connectivity index (χ1) is 7.66. The number of rotatable bonds is 2. The molecule has 0 saturated carbocycles. The summed E-state index contributed by atoms with van der Waals surface area (Å²) in [5, 5.41) is 6.52. The first-order valence-corrected chi connectivity index (χ1v) is 6.32. The molecule has 2 heterocycles. The van der Waals surface area contributed by atoms with E-state index in [4.69, 9.17) is 4.74 Å². The van der Waals surface area contributed by atoms with Crippen LogP contribution in [0.25, 0.3) is 0 Å². The summed E-state index contributed by atoms with van der Waals surface area (Å²) >= 11 is 0. The monoisotopic (exact) mass is 226 g/mol. The highest BCUT2D eigenvalue weighted by molar-refractivity contribution is 5.79. The van der Waals surface area contributed by atoms with E-state index in [1.807, 2.05) is 6.92 Å². The first-order valence-electron chi connectivity index (χ1n) is 6.32. The topological polar surface area (TPSA) is 50.4 Å². The molecule has 0 aliphatic carbocycles. The van der Waals surface area contributed by atoms with Crippen LogP contribution >= 0.6 is 0 Å². The lowest BCUT2D eigenvalue weighted by molar-refractivity contribution is -0.127. The molecule has 0 aromatic heterocycles. The van der Waals surface area contributed by atoms with Gasteiger partial charge in [-0.25, -0.2) is 0 Å². The van der Waals surface area contributed by atoms with Crippen molar-refractivity contribution in [2.75, 3.05) is 13.2 Å². The first kappa shape index (κ1) is 11.9. The number of amides is 1. The summed E-state index contributed by atoms with van der Waals surface area (Å²) in [6.07, 6.45) is 3.17. The highest BCUT2D eigenvalue weighted by Gasteiger charge is 2.32. The zero-order chi connectivity index (χ0) is 11.5. The smallest absolute Gasteiger partial charge is 0.226 e. The summed E-state index contributed by atoms with van der Waals surface area (Å²) in [5.41, 5.74) is 0. The SMILES string of the molecule is CC1CCC(NC(=O)C2CCOC2C)CN1. The lowest BCUT2D eigenvalue weighted by Crippen LogP contribution is -2.50. The molecule has 2 saturated heterocycles. The van der Waals surface area contributed by atoms with Gasteiger partial charge in [0.25, 0.3) is 0 Å². The largest absolute Gasteiger partial charge is 0.378 e. The Balaban J connectivity index is 1.78. The quantitative estimate of drug-likeness (QED) is 0.727. The Kier molecular flexibility index (Phi) is 3.82. The van der Waals surface area contributed by atoms with Crippen molar-refractivity contribution in [1.82, 2.24) is 10.6 Å². The van der Waals surface area contributed by atoms with Crippen LogP contribution in [-0.2, 0) is 9.53 Å². The molecular weight excluding hydrogens is 204 g/mol. The fourth-order valence-corrected chi connectivity index (χ4v) is 2.51. The third kappa shape index (κ3) is 2.74. The molecule has 1 amide bonds. The van der Waals surface area contributed by atoms with Gasteiger partial charge in [0.15, 0.2) is 0 Å². The third-order valence-corrected chi connectivity index (χ3v) is 3.72. The van der Waals surface area contributed by atoms with Crippen LogP contribution in [0, 0.1) is 5.92 Å². The molecular formula is C12H22N2O2. The van der Waals surface area contributed by atoms with E-state index in [-0.39, 0.29) is 17.9 Å². The molecule has 4 unspecified atom stereocenters. The van der Waals surface area contributed by atoms with Gasteiger partial charge in [-0.1, -0.05) is 0 Å². The van der Waals surface area contributed by atoms with Gasteiger partial charge in [-0.05, 0) is 33.1 Å². The van der Waals surface area contributed by atoms with Crippen molar-refractivity contribution in [3.05, 3.63) is 0 Å². The molecule has 2 fully saturated rings. The summed E-state index contributed by atoms with van der Waals surface area (Å²) in [6, 6.07) is 0.887. The zero-order valence-electron chi connectivity index (χ0n) is 10.2. The van der Waals surface area contributed by atoms with E-state index in [9.17, 15) is 4.79 Å². The van der Waals surface area contributed by atoms with Crippen LogP contribution in [0.2, 0.25) is 0 Å². The molecule has 2 aliphatic rings. The lowest BCUT2D eigenvalue weighted by atomic mass is 9.98. The normalized spacial score (nSPS) is 39.6. The van der Waals surface area contributed by atoms with Gasteiger partial charge in [0.05, 0.1) is 12.0 Å². The minimum atomic E-state index is 0.0550.